The van der Waals surface area contributed by atoms with E-state index >= 15 is 0 Å². The molecule has 1 aliphatic rings. The average Bonchev–Trinajstić information content (AvgIpc) is 2.77. The van der Waals surface area contributed by atoms with E-state index in [9.17, 15) is 8.42 Å². The second kappa shape index (κ2) is 6.35. The van der Waals surface area contributed by atoms with Crippen LogP contribution in [0.1, 0.15) is 38.7 Å². The predicted octanol–water partition coefficient (Wildman–Crippen LogP) is 2.32. The van der Waals surface area contributed by atoms with Crippen LogP contribution in [-0.2, 0) is 16.6 Å². The van der Waals surface area contributed by atoms with Crippen LogP contribution in [0.25, 0.3) is 0 Å². The monoisotopic (exact) mass is 302 g/mol. The summed E-state index contributed by atoms with van der Waals surface area (Å²) in [6, 6.07) is 1.90. The van der Waals surface area contributed by atoms with Crippen LogP contribution in [0.2, 0.25) is 0 Å². The quantitative estimate of drug-likeness (QED) is 0.760. The molecule has 1 saturated carbocycles. The van der Waals surface area contributed by atoms with Gasteiger partial charge >= 0.3 is 0 Å². The van der Waals surface area contributed by atoms with Gasteiger partial charge in [-0.15, -0.1) is 11.3 Å². The van der Waals surface area contributed by atoms with Gasteiger partial charge in [-0.05, 0) is 48.7 Å². The smallest absolute Gasteiger partial charge is 0.250 e. The van der Waals surface area contributed by atoms with E-state index < -0.39 is 10.0 Å². The minimum Gasteiger partial charge on any atom is -0.313 e. The Bertz CT molecular complexity index is 504. The van der Waals surface area contributed by atoms with Crippen molar-refractivity contribution >= 4 is 21.4 Å². The molecular formula is C13H22N2O2S2. The highest BCUT2D eigenvalue weighted by Crippen LogP contribution is 2.29. The topological polar surface area (TPSA) is 58.2 Å². The van der Waals surface area contributed by atoms with Crippen molar-refractivity contribution < 1.29 is 8.42 Å². The van der Waals surface area contributed by atoms with Gasteiger partial charge in [-0.3, -0.25) is 0 Å². The molecule has 0 aliphatic heterocycles. The molecule has 0 saturated heterocycles. The largest absolute Gasteiger partial charge is 0.313 e. The first kappa shape index (κ1) is 15.0. The first-order valence-corrected chi connectivity index (χ1v) is 9.18. The maximum absolute atomic E-state index is 12.2. The average molecular weight is 302 g/mol. The fourth-order valence-corrected chi connectivity index (χ4v) is 4.76. The van der Waals surface area contributed by atoms with E-state index in [1.807, 2.05) is 5.38 Å². The summed E-state index contributed by atoms with van der Waals surface area (Å²) in [4.78, 5) is 0. The molecule has 0 radical (unpaired) electrons. The Kier molecular flexibility index (Phi) is 5.00. The molecule has 1 aromatic heterocycles. The molecule has 0 bridgehead atoms. The Hall–Kier alpha value is -0.430. The lowest BCUT2D eigenvalue weighted by Crippen LogP contribution is -2.43. The van der Waals surface area contributed by atoms with E-state index in [1.54, 1.807) is 6.07 Å². The molecule has 0 unspecified atom stereocenters. The van der Waals surface area contributed by atoms with Crippen molar-refractivity contribution in [2.75, 3.05) is 6.54 Å². The second-order valence-corrected chi connectivity index (χ2v) is 8.20. The standard InChI is InChI=1S/C13H22N2O2S2/c1-3-4-14-8-11-7-13(18-9-11)19(16,17)15-12-5-10(2)6-12/h7,9-10,12,14-15H,3-6,8H2,1-2H3. The summed E-state index contributed by atoms with van der Waals surface area (Å²) >= 11 is 1.30. The molecule has 0 aromatic carbocycles. The van der Waals surface area contributed by atoms with Gasteiger partial charge in [0, 0.05) is 12.6 Å². The van der Waals surface area contributed by atoms with E-state index in [4.69, 9.17) is 0 Å². The summed E-state index contributed by atoms with van der Waals surface area (Å²) in [5.74, 6) is 0.643. The fourth-order valence-electron chi connectivity index (χ4n) is 2.27. The van der Waals surface area contributed by atoms with E-state index in [2.05, 4.69) is 23.9 Å². The van der Waals surface area contributed by atoms with Gasteiger partial charge < -0.3 is 5.32 Å². The van der Waals surface area contributed by atoms with Gasteiger partial charge in [-0.25, -0.2) is 13.1 Å². The highest BCUT2D eigenvalue weighted by Gasteiger charge is 2.30. The summed E-state index contributed by atoms with van der Waals surface area (Å²) < 4.78 is 27.5. The summed E-state index contributed by atoms with van der Waals surface area (Å²) in [6.45, 7) is 5.95. The van der Waals surface area contributed by atoms with E-state index in [-0.39, 0.29) is 6.04 Å². The molecule has 1 aromatic rings. The molecule has 2 N–H and O–H groups in total. The van der Waals surface area contributed by atoms with Crippen molar-refractivity contribution in [2.24, 2.45) is 5.92 Å². The van der Waals surface area contributed by atoms with Crippen molar-refractivity contribution in [3.63, 3.8) is 0 Å². The second-order valence-electron chi connectivity index (χ2n) is 5.35. The summed E-state index contributed by atoms with van der Waals surface area (Å²) in [5.41, 5.74) is 1.04. The van der Waals surface area contributed by atoms with Crippen molar-refractivity contribution in [3.05, 3.63) is 17.0 Å². The zero-order valence-electron chi connectivity index (χ0n) is 11.5. The first-order chi connectivity index (χ1) is 9.01. The number of thiophene rings is 1. The third-order valence-corrected chi connectivity index (χ3v) is 6.35. The lowest BCUT2D eigenvalue weighted by Gasteiger charge is -2.32. The minimum atomic E-state index is -3.31. The molecule has 1 aliphatic carbocycles. The molecule has 6 heteroatoms. The van der Waals surface area contributed by atoms with E-state index in [0.29, 0.717) is 10.1 Å². The molecule has 1 heterocycles. The Balaban J connectivity index is 1.92. The van der Waals surface area contributed by atoms with Crippen LogP contribution in [0.3, 0.4) is 0 Å². The van der Waals surface area contributed by atoms with Crippen molar-refractivity contribution in [1.82, 2.24) is 10.0 Å². The third kappa shape index (κ3) is 4.02. The van der Waals surface area contributed by atoms with Crippen molar-refractivity contribution in [3.8, 4) is 0 Å². The molecule has 108 valence electrons. The number of nitrogens with one attached hydrogen (secondary N) is 2. The summed E-state index contributed by atoms with van der Waals surface area (Å²) in [7, 11) is -3.31. The van der Waals surface area contributed by atoms with Crippen LogP contribution in [0.4, 0.5) is 0 Å². The van der Waals surface area contributed by atoms with Gasteiger partial charge in [-0.2, -0.15) is 0 Å². The molecule has 19 heavy (non-hydrogen) atoms. The summed E-state index contributed by atoms with van der Waals surface area (Å²) in [5, 5.41) is 5.19. The lowest BCUT2D eigenvalue weighted by atomic mass is 9.83. The van der Waals surface area contributed by atoms with Crippen molar-refractivity contribution in [2.45, 2.75) is 49.9 Å². The molecule has 0 spiro atoms. The zero-order chi connectivity index (χ0) is 13.9. The van der Waals surface area contributed by atoms with Gasteiger partial charge in [0.1, 0.15) is 4.21 Å². The van der Waals surface area contributed by atoms with E-state index in [1.165, 1.54) is 11.3 Å². The zero-order valence-corrected chi connectivity index (χ0v) is 13.1. The number of hydrogen-bond donors (Lipinski definition) is 2. The predicted molar refractivity (Wildman–Crippen MR) is 78.8 cm³/mol. The van der Waals surface area contributed by atoms with Crippen LogP contribution in [0.5, 0.6) is 0 Å². The number of sulfonamides is 1. The van der Waals surface area contributed by atoms with Gasteiger partial charge in [0.05, 0.1) is 0 Å². The van der Waals surface area contributed by atoms with Gasteiger partial charge in [0.25, 0.3) is 0 Å². The Morgan fingerprint density at radius 3 is 2.79 bits per heavy atom. The maximum Gasteiger partial charge on any atom is 0.250 e. The number of hydrogen-bond acceptors (Lipinski definition) is 4. The van der Waals surface area contributed by atoms with Gasteiger partial charge in [0.2, 0.25) is 10.0 Å². The Labute approximate surface area is 119 Å². The molecule has 4 nitrogen and oxygen atoms in total. The molecular weight excluding hydrogens is 280 g/mol. The SMILES string of the molecule is CCCNCc1csc(S(=O)(=O)NC2CC(C)C2)c1. The normalized spacial score (nSPS) is 23.3. The lowest BCUT2D eigenvalue weighted by molar-refractivity contribution is 0.270. The molecule has 0 amide bonds. The van der Waals surface area contributed by atoms with Crippen LogP contribution < -0.4 is 10.0 Å². The van der Waals surface area contributed by atoms with Crippen molar-refractivity contribution in [1.29, 1.82) is 0 Å². The van der Waals surface area contributed by atoms with Gasteiger partial charge in [0.15, 0.2) is 0 Å². The van der Waals surface area contributed by atoms with Crippen LogP contribution in [0.15, 0.2) is 15.7 Å². The molecule has 2 rings (SSSR count). The number of rotatable bonds is 7. The Morgan fingerprint density at radius 2 is 2.16 bits per heavy atom. The van der Waals surface area contributed by atoms with Gasteiger partial charge in [-0.1, -0.05) is 13.8 Å². The van der Waals surface area contributed by atoms with Crippen LogP contribution >= 0.6 is 11.3 Å². The highest BCUT2D eigenvalue weighted by atomic mass is 32.2. The molecule has 0 atom stereocenters. The minimum absolute atomic E-state index is 0.128. The highest BCUT2D eigenvalue weighted by molar-refractivity contribution is 7.91. The fraction of sp³-hybridized carbons (Fsp3) is 0.692. The molecule has 1 fully saturated rings. The summed E-state index contributed by atoms with van der Waals surface area (Å²) in [6.07, 6.45) is 2.99. The van der Waals surface area contributed by atoms with E-state index in [0.717, 1.165) is 37.9 Å². The maximum atomic E-state index is 12.2. The Morgan fingerprint density at radius 1 is 1.42 bits per heavy atom. The van der Waals surface area contributed by atoms with Crippen LogP contribution in [0, 0.1) is 5.92 Å². The third-order valence-electron chi connectivity index (χ3n) is 3.35. The van der Waals surface area contributed by atoms with Crippen LogP contribution in [-0.4, -0.2) is 21.0 Å². The first-order valence-electron chi connectivity index (χ1n) is 6.81.